The average Bonchev–Trinajstić information content (AvgIpc) is 3.77. The van der Waals surface area contributed by atoms with Gasteiger partial charge in [-0.05, 0) is 86.3 Å². The van der Waals surface area contributed by atoms with Gasteiger partial charge in [0.05, 0.1) is 65.9 Å². The van der Waals surface area contributed by atoms with E-state index in [2.05, 4.69) is 10.4 Å². The number of carbonyl (C=O) groups excluding carboxylic acids is 4. The number of nitrogens with one attached hydrogen (secondary N) is 1. The maximum absolute atomic E-state index is 16.0. The Labute approximate surface area is 403 Å². The van der Waals surface area contributed by atoms with Crippen molar-refractivity contribution in [3.8, 4) is 23.0 Å². The van der Waals surface area contributed by atoms with E-state index in [1.165, 1.54) is 19.2 Å². The Balaban J connectivity index is 0.806. The number of likely N-dealkylation sites (tertiary alicyclic amines) is 1. The Morgan fingerprint density at radius 3 is 2.29 bits per heavy atom. The minimum absolute atomic E-state index is 0.0587. The molecule has 70 heavy (non-hydrogen) atoms. The standard InChI is InChI=1S/C50H54F3N7O9S/c1-6-68-42-23-31(9-14-40(42)67-4)39(28-70(5,65)66)60-46(62)34-13-10-32(24-35(34)47(60)63)58-19-21-59(22-20-58)43-16-18-57(29-50(43,52)53)27-30-7-11-33(12-8-30)69-41-26-38-36(25-37(41)51)45(55-56(38)3)49(2)17-15-44(61)54-48(49)64/h7-14,23-26,39,43H,6,15-22,27-29H2,1-5H3,(H,54,61,64)/t39-,43+,49-/m1/s1. The van der Waals surface area contributed by atoms with Gasteiger partial charge in [-0.15, -0.1) is 0 Å². The number of aromatic nitrogens is 2. The van der Waals surface area contributed by atoms with Gasteiger partial charge in [0, 0.05) is 76.1 Å². The molecule has 0 radical (unpaired) electrons. The highest BCUT2D eigenvalue weighted by molar-refractivity contribution is 7.90. The van der Waals surface area contributed by atoms with E-state index >= 15 is 13.2 Å². The summed E-state index contributed by atoms with van der Waals surface area (Å²) < 4.78 is 91.5. The lowest BCUT2D eigenvalue weighted by Crippen LogP contribution is -2.61. The number of fused-ring (bicyclic) bond motifs is 2. The van der Waals surface area contributed by atoms with Gasteiger partial charge in [0.2, 0.25) is 11.8 Å². The summed E-state index contributed by atoms with van der Waals surface area (Å²) in [5, 5.41) is 7.33. The first-order chi connectivity index (χ1) is 33.3. The second kappa shape index (κ2) is 18.7. The summed E-state index contributed by atoms with van der Waals surface area (Å²) in [4.78, 5) is 59.1. The van der Waals surface area contributed by atoms with Crippen LogP contribution in [0.4, 0.5) is 18.9 Å². The number of aryl methyl sites for hydroxylation is 1. The Morgan fingerprint density at radius 2 is 1.61 bits per heavy atom. The molecule has 16 nitrogen and oxygen atoms in total. The molecule has 3 fully saturated rings. The zero-order chi connectivity index (χ0) is 49.9. The molecule has 5 aromatic rings. The highest BCUT2D eigenvalue weighted by Crippen LogP contribution is 2.41. The predicted octanol–water partition coefficient (Wildman–Crippen LogP) is 6.02. The number of nitrogens with zero attached hydrogens (tertiary/aromatic N) is 6. The average molecular weight is 986 g/mol. The lowest BCUT2D eigenvalue weighted by Gasteiger charge is -2.46. The number of carbonyl (C=O) groups is 4. The Bertz CT molecular complexity index is 3020. The van der Waals surface area contributed by atoms with Gasteiger partial charge < -0.3 is 19.1 Å². The van der Waals surface area contributed by atoms with Crippen LogP contribution in [0, 0.1) is 5.82 Å². The van der Waals surface area contributed by atoms with E-state index < -0.39 is 69.1 Å². The van der Waals surface area contributed by atoms with Crippen molar-refractivity contribution in [2.75, 3.05) is 69.9 Å². The molecular formula is C50H54F3N7O9S. The van der Waals surface area contributed by atoms with Crippen molar-refractivity contribution in [1.82, 2.24) is 29.8 Å². The minimum Gasteiger partial charge on any atom is -0.493 e. The van der Waals surface area contributed by atoms with E-state index in [9.17, 15) is 27.6 Å². The van der Waals surface area contributed by atoms with Crippen LogP contribution in [0.5, 0.6) is 23.0 Å². The van der Waals surface area contributed by atoms with Crippen molar-refractivity contribution in [3.05, 3.63) is 107 Å². The van der Waals surface area contributed by atoms with E-state index in [0.29, 0.717) is 84.4 Å². The van der Waals surface area contributed by atoms with Crippen LogP contribution >= 0.6 is 0 Å². The van der Waals surface area contributed by atoms with Gasteiger partial charge in [-0.2, -0.15) is 5.10 Å². The third kappa shape index (κ3) is 9.31. The topological polar surface area (TPSA) is 173 Å². The first kappa shape index (κ1) is 48.5. The van der Waals surface area contributed by atoms with Gasteiger partial charge in [-0.1, -0.05) is 18.2 Å². The zero-order valence-electron chi connectivity index (χ0n) is 39.5. The van der Waals surface area contributed by atoms with Crippen LogP contribution in [-0.4, -0.2) is 133 Å². The van der Waals surface area contributed by atoms with Crippen molar-refractivity contribution in [2.45, 2.75) is 63.1 Å². The Kier molecular flexibility index (Phi) is 12.9. The minimum atomic E-state index is -3.69. The summed E-state index contributed by atoms with van der Waals surface area (Å²) in [6.07, 6.45) is 1.67. The number of piperidine rings is 2. The van der Waals surface area contributed by atoms with E-state index in [0.717, 1.165) is 16.7 Å². The number of alkyl halides is 2. The largest absolute Gasteiger partial charge is 0.493 e. The number of anilines is 1. The summed E-state index contributed by atoms with van der Waals surface area (Å²) >= 11 is 0. The maximum atomic E-state index is 16.0. The maximum Gasteiger partial charge on any atom is 0.275 e. The molecular weight excluding hydrogens is 932 g/mol. The number of benzene rings is 4. The molecule has 1 N–H and O–H groups in total. The lowest BCUT2D eigenvalue weighted by atomic mass is 9.77. The molecule has 4 amide bonds. The molecule has 0 spiro atoms. The van der Waals surface area contributed by atoms with E-state index in [4.69, 9.17) is 14.2 Å². The molecule has 9 rings (SSSR count). The fraction of sp³-hybridized carbons (Fsp3) is 0.420. The molecule has 0 unspecified atom stereocenters. The number of ether oxygens (including phenoxy) is 3. The first-order valence-electron chi connectivity index (χ1n) is 23.1. The Hall–Kier alpha value is -6.51. The van der Waals surface area contributed by atoms with Gasteiger partial charge in [0.1, 0.15) is 15.6 Å². The number of piperazine rings is 1. The molecule has 0 aliphatic carbocycles. The molecule has 4 aromatic carbocycles. The van der Waals surface area contributed by atoms with Crippen LogP contribution in [0.1, 0.15) is 76.7 Å². The van der Waals surface area contributed by atoms with Crippen molar-refractivity contribution in [1.29, 1.82) is 0 Å². The highest BCUT2D eigenvalue weighted by atomic mass is 32.2. The summed E-state index contributed by atoms with van der Waals surface area (Å²) in [6, 6.07) is 17.2. The highest BCUT2D eigenvalue weighted by Gasteiger charge is 2.49. The van der Waals surface area contributed by atoms with Gasteiger partial charge >= 0.3 is 0 Å². The monoisotopic (exact) mass is 985 g/mol. The quantitative estimate of drug-likeness (QED) is 0.128. The van der Waals surface area contributed by atoms with Crippen molar-refractivity contribution >= 4 is 50.1 Å². The summed E-state index contributed by atoms with van der Waals surface area (Å²) in [5.41, 5.74) is 1.88. The molecule has 3 atom stereocenters. The number of amides is 4. The van der Waals surface area contributed by atoms with Crippen LogP contribution in [0.3, 0.4) is 0 Å². The fourth-order valence-electron chi connectivity index (χ4n) is 10.2. The number of hydrogen-bond acceptors (Lipinski definition) is 13. The molecule has 4 aliphatic heterocycles. The van der Waals surface area contributed by atoms with Crippen molar-refractivity contribution in [3.63, 3.8) is 0 Å². The van der Waals surface area contributed by atoms with Crippen LogP contribution in [0.2, 0.25) is 0 Å². The molecule has 20 heteroatoms. The summed E-state index contributed by atoms with van der Waals surface area (Å²) in [5.74, 6) is -5.25. The van der Waals surface area contributed by atoms with Crippen LogP contribution in [-0.2, 0) is 38.4 Å². The molecule has 0 saturated carbocycles. The van der Waals surface area contributed by atoms with Gasteiger partial charge in [-0.3, -0.25) is 43.9 Å². The second-order valence-corrected chi connectivity index (χ2v) is 20.9. The third-order valence-corrected chi connectivity index (χ3v) is 14.8. The number of hydrogen-bond donors (Lipinski definition) is 1. The fourth-order valence-corrected chi connectivity index (χ4v) is 11.1. The summed E-state index contributed by atoms with van der Waals surface area (Å²) in [7, 11) is -0.538. The second-order valence-electron chi connectivity index (χ2n) is 18.7. The van der Waals surface area contributed by atoms with Gasteiger partial charge in [-0.25, -0.2) is 21.6 Å². The first-order valence-corrected chi connectivity index (χ1v) is 25.2. The van der Waals surface area contributed by atoms with Crippen molar-refractivity contribution < 1.29 is 55.0 Å². The normalized spacial score (nSPS) is 21.5. The molecule has 3 saturated heterocycles. The summed E-state index contributed by atoms with van der Waals surface area (Å²) in [6.45, 7) is 5.55. The van der Waals surface area contributed by atoms with E-state index in [1.807, 2.05) is 9.80 Å². The zero-order valence-corrected chi connectivity index (χ0v) is 40.3. The predicted molar refractivity (Wildman–Crippen MR) is 253 cm³/mol. The molecule has 4 aliphatic rings. The Morgan fingerprint density at radius 1 is 0.886 bits per heavy atom. The van der Waals surface area contributed by atoms with E-state index in [-0.39, 0.29) is 48.6 Å². The number of sulfone groups is 1. The third-order valence-electron chi connectivity index (χ3n) is 13.9. The smallest absolute Gasteiger partial charge is 0.275 e. The van der Waals surface area contributed by atoms with Crippen LogP contribution in [0.25, 0.3) is 10.9 Å². The molecule has 5 heterocycles. The number of rotatable bonds is 14. The molecule has 0 bridgehead atoms. The molecule has 1 aromatic heterocycles. The number of halogens is 3. The SMILES string of the molecule is CCOc1cc([C@@H](CS(C)(=O)=O)N2C(=O)c3ccc(N4CCN([C@H]5CCN(Cc6ccc(Oc7cc8c(cc7F)c([C@@]7(C)CCC(=O)NC7=O)nn8C)cc6)CC5(F)F)CC4)cc3C2=O)ccc1OC. The lowest BCUT2D eigenvalue weighted by molar-refractivity contribution is -0.137. The van der Waals surface area contributed by atoms with E-state index in [1.54, 1.807) is 91.1 Å². The molecule has 370 valence electrons. The van der Waals surface area contributed by atoms with Crippen LogP contribution in [0.15, 0.2) is 72.8 Å². The van der Waals surface area contributed by atoms with Crippen LogP contribution < -0.4 is 24.4 Å². The van der Waals surface area contributed by atoms with Gasteiger partial charge in [0.15, 0.2) is 23.1 Å². The van der Waals surface area contributed by atoms with Gasteiger partial charge in [0.25, 0.3) is 17.7 Å². The number of imide groups is 2. The number of methoxy groups -OCH3 is 1. The van der Waals surface area contributed by atoms with Crippen molar-refractivity contribution in [2.24, 2.45) is 7.05 Å².